The van der Waals surface area contributed by atoms with E-state index in [1.165, 1.54) is 0 Å². The van der Waals surface area contributed by atoms with E-state index >= 15 is 0 Å². The lowest BCUT2D eigenvalue weighted by Crippen LogP contribution is -2.36. The smallest absolute Gasteiger partial charge is 0.148 e. The number of nitrogens with two attached hydrogens (primary N) is 1. The van der Waals surface area contributed by atoms with Crippen molar-refractivity contribution in [2.45, 2.75) is 0 Å². The molecule has 0 spiro atoms. The predicted molar refractivity (Wildman–Crippen MR) is 132 cm³/mol. The molecule has 2 N–H and O–H groups in total. The van der Waals surface area contributed by atoms with Gasteiger partial charge in [0.1, 0.15) is 5.82 Å². The van der Waals surface area contributed by atoms with Gasteiger partial charge in [-0.15, -0.1) is 0 Å². The first-order valence-corrected chi connectivity index (χ1v) is 11.2. The van der Waals surface area contributed by atoms with E-state index in [4.69, 9.17) is 20.2 Å². The summed E-state index contributed by atoms with van der Waals surface area (Å²) in [5.74, 6) is 0.882. The molecule has 0 bridgehead atoms. The molecule has 3 heterocycles. The molecule has 0 saturated carbocycles. The Morgan fingerprint density at radius 3 is 2.39 bits per heavy atom. The number of anilines is 2. The van der Waals surface area contributed by atoms with Crippen LogP contribution in [0.4, 0.5) is 17.2 Å². The van der Waals surface area contributed by atoms with E-state index in [1.807, 2.05) is 36.5 Å². The molecule has 5 rings (SSSR count). The normalized spacial score (nSPS) is 17.1. The van der Waals surface area contributed by atoms with Crippen LogP contribution in [-0.2, 0) is 9.47 Å². The molecular weight excluding hydrogens is 416 g/mol. The second-order valence-electron chi connectivity index (χ2n) is 8.15. The van der Waals surface area contributed by atoms with Gasteiger partial charge in [-0.2, -0.15) is 0 Å². The highest BCUT2D eigenvalue weighted by atomic mass is 16.5. The van der Waals surface area contributed by atoms with Crippen molar-refractivity contribution < 1.29 is 9.47 Å². The molecule has 1 aromatic heterocycles. The van der Waals surface area contributed by atoms with Gasteiger partial charge in [-0.25, -0.2) is 4.98 Å². The third-order valence-electron chi connectivity index (χ3n) is 6.00. The van der Waals surface area contributed by atoms with Crippen LogP contribution in [0.15, 0.2) is 59.9 Å². The van der Waals surface area contributed by atoms with Crippen LogP contribution in [0, 0.1) is 0 Å². The summed E-state index contributed by atoms with van der Waals surface area (Å²) in [6, 6.07) is 12.0. The van der Waals surface area contributed by atoms with E-state index in [0.29, 0.717) is 32.1 Å². The molecule has 2 aromatic carbocycles. The second-order valence-corrected chi connectivity index (χ2v) is 8.15. The Hall–Kier alpha value is -3.49. The number of hydrogen-bond acceptors (Lipinski definition) is 8. The summed E-state index contributed by atoms with van der Waals surface area (Å²) < 4.78 is 10.8. The number of morpholine rings is 2. The van der Waals surface area contributed by atoms with E-state index in [0.717, 1.165) is 65.5 Å². The zero-order valence-corrected chi connectivity index (χ0v) is 18.6. The molecule has 8 nitrogen and oxygen atoms in total. The number of benzene rings is 2. The first kappa shape index (κ1) is 21.4. The van der Waals surface area contributed by atoms with Gasteiger partial charge in [0.2, 0.25) is 0 Å². The minimum atomic E-state index is 0.617. The Morgan fingerprint density at radius 1 is 0.939 bits per heavy atom. The summed E-state index contributed by atoms with van der Waals surface area (Å²) in [5.41, 5.74) is 12.3. The number of fused-ring (bicyclic) bond motifs is 1. The van der Waals surface area contributed by atoms with Gasteiger partial charge in [-0.05, 0) is 35.4 Å². The SMILES string of the molecule is C=C(C=Nc1ccc(-c2ccc3ncc(N4CCOCC4)nc3c2)cc1N)N1CCOCC1. The lowest BCUT2D eigenvalue weighted by molar-refractivity contribution is 0.0569. The van der Waals surface area contributed by atoms with Crippen molar-refractivity contribution in [3.05, 3.63) is 54.9 Å². The van der Waals surface area contributed by atoms with Crippen molar-refractivity contribution in [1.29, 1.82) is 0 Å². The van der Waals surface area contributed by atoms with Crippen LogP contribution in [0.1, 0.15) is 0 Å². The first-order valence-electron chi connectivity index (χ1n) is 11.2. The molecule has 8 heteroatoms. The Labute approximate surface area is 193 Å². The number of aliphatic imine (C=N–C) groups is 1. The van der Waals surface area contributed by atoms with E-state index in [1.54, 1.807) is 6.21 Å². The van der Waals surface area contributed by atoms with E-state index in [9.17, 15) is 0 Å². The van der Waals surface area contributed by atoms with Crippen LogP contribution >= 0.6 is 0 Å². The molecular formula is C25H28N6O2. The zero-order valence-electron chi connectivity index (χ0n) is 18.6. The average molecular weight is 445 g/mol. The maximum absolute atomic E-state index is 6.33. The maximum atomic E-state index is 6.33. The zero-order chi connectivity index (χ0) is 22.6. The van der Waals surface area contributed by atoms with Crippen molar-refractivity contribution in [2.24, 2.45) is 4.99 Å². The third-order valence-corrected chi connectivity index (χ3v) is 6.00. The number of aromatic nitrogens is 2. The van der Waals surface area contributed by atoms with Crippen LogP contribution in [0.2, 0.25) is 0 Å². The molecule has 2 fully saturated rings. The molecule has 2 aliphatic rings. The lowest BCUT2D eigenvalue weighted by Gasteiger charge is -2.28. The monoisotopic (exact) mass is 444 g/mol. The van der Waals surface area contributed by atoms with Gasteiger partial charge >= 0.3 is 0 Å². The van der Waals surface area contributed by atoms with E-state index < -0.39 is 0 Å². The largest absolute Gasteiger partial charge is 0.397 e. The van der Waals surface area contributed by atoms with Gasteiger partial charge in [0.15, 0.2) is 0 Å². The molecule has 0 aliphatic carbocycles. The van der Waals surface area contributed by atoms with Crippen molar-refractivity contribution in [3.8, 4) is 11.1 Å². The van der Waals surface area contributed by atoms with E-state index in [-0.39, 0.29) is 0 Å². The lowest BCUT2D eigenvalue weighted by atomic mass is 10.0. The number of hydrogen-bond donors (Lipinski definition) is 1. The van der Waals surface area contributed by atoms with Crippen molar-refractivity contribution in [2.75, 3.05) is 63.2 Å². The molecule has 2 saturated heterocycles. The molecule has 0 amide bonds. The summed E-state index contributed by atoms with van der Waals surface area (Å²) >= 11 is 0. The third kappa shape index (κ3) is 4.81. The highest BCUT2D eigenvalue weighted by Gasteiger charge is 2.14. The first-order chi connectivity index (χ1) is 16.2. The molecule has 33 heavy (non-hydrogen) atoms. The molecule has 2 aliphatic heterocycles. The summed E-state index contributed by atoms with van der Waals surface area (Å²) in [5, 5.41) is 0. The van der Waals surface area contributed by atoms with Crippen LogP contribution < -0.4 is 10.6 Å². The van der Waals surface area contributed by atoms with Gasteiger partial charge in [-0.3, -0.25) is 9.98 Å². The minimum absolute atomic E-state index is 0.617. The Morgan fingerprint density at radius 2 is 1.64 bits per heavy atom. The second kappa shape index (κ2) is 9.56. The minimum Gasteiger partial charge on any atom is -0.397 e. The van der Waals surface area contributed by atoms with Crippen molar-refractivity contribution in [3.63, 3.8) is 0 Å². The number of nitrogens with zero attached hydrogens (tertiary/aromatic N) is 5. The fraction of sp³-hybridized carbons (Fsp3) is 0.320. The van der Waals surface area contributed by atoms with Gasteiger partial charge in [0.25, 0.3) is 0 Å². The number of rotatable bonds is 5. The Balaban J connectivity index is 1.36. The van der Waals surface area contributed by atoms with Crippen molar-refractivity contribution >= 4 is 34.4 Å². The molecule has 0 atom stereocenters. The van der Waals surface area contributed by atoms with Crippen LogP contribution in [0.5, 0.6) is 0 Å². The average Bonchev–Trinajstić information content (AvgIpc) is 2.88. The Bertz CT molecular complexity index is 1180. The molecule has 3 aromatic rings. The predicted octanol–water partition coefficient (Wildman–Crippen LogP) is 3.26. The summed E-state index contributed by atoms with van der Waals surface area (Å²) in [4.78, 5) is 18.4. The van der Waals surface area contributed by atoms with E-state index in [2.05, 4.69) is 32.4 Å². The highest BCUT2D eigenvalue weighted by molar-refractivity contribution is 5.86. The van der Waals surface area contributed by atoms with Gasteiger partial charge in [0, 0.05) is 31.9 Å². The highest BCUT2D eigenvalue weighted by Crippen LogP contribution is 2.30. The number of allylic oxidation sites excluding steroid dienone is 1. The van der Waals surface area contributed by atoms with Gasteiger partial charge in [0.05, 0.1) is 61.2 Å². The topological polar surface area (TPSA) is 89.1 Å². The standard InChI is InChI=1S/C25H28N6O2/c1-18(30-6-10-32-11-7-30)16-27-22-4-2-19(14-21(22)26)20-3-5-23-24(15-20)29-25(17-28-23)31-8-12-33-13-9-31/h2-5,14-17H,1,6-13,26H2. The van der Waals surface area contributed by atoms with Crippen LogP contribution in [-0.4, -0.2) is 73.7 Å². The molecule has 0 unspecified atom stereocenters. The fourth-order valence-electron chi connectivity index (χ4n) is 4.05. The van der Waals surface area contributed by atoms with Crippen molar-refractivity contribution in [1.82, 2.24) is 14.9 Å². The quantitative estimate of drug-likeness (QED) is 0.477. The van der Waals surface area contributed by atoms with Gasteiger partial charge < -0.3 is 25.0 Å². The Kier molecular flexibility index (Phi) is 6.19. The van der Waals surface area contributed by atoms with Gasteiger partial charge in [-0.1, -0.05) is 18.7 Å². The molecule has 170 valence electrons. The summed E-state index contributed by atoms with van der Waals surface area (Å²) in [6.07, 6.45) is 3.61. The van der Waals surface area contributed by atoms with Crippen LogP contribution in [0.3, 0.4) is 0 Å². The summed E-state index contributed by atoms with van der Waals surface area (Å²) in [6.45, 7) is 10.3. The van der Waals surface area contributed by atoms with Crippen LogP contribution in [0.25, 0.3) is 22.2 Å². The summed E-state index contributed by atoms with van der Waals surface area (Å²) in [7, 11) is 0. The number of nitrogen functional groups attached to an aromatic ring is 1. The molecule has 0 radical (unpaired) electrons. The fourth-order valence-corrected chi connectivity index (χ4v) is 4.05. The number of ether oxygens (including phenoxy) is 2. The maximum Gasteiger partial charge on any atom is 0.148 e.